The fourth-order valence-electron chi connectivity index (χ4n) is 1.99. The molecule has 3 amide bonds. The largest absolute Gasteiger partial charge is 0.339 e. The number of likely N-dealkylation sites (tertiary alicyclic amines) is 1. The van der Waals surface area contributed by atoms with Crippen molar-refractivity contribution in [3.63, 3.8) is 0 Å². The third-order valence-corrected chi connectivity index (χ3v) is 4.66. The van der Waals surface area contributed by atoms with Crippen molar-refractivity contribution in [2.24, 2.45) is 0 Å². The van der Waals surface area contributed by atoms with Gasteiger partial charge in [0.05, 0.1) is 6.42 Å². The molecule has 5 nitrogen and oxygen atoms in total. The molecule has 0 unspecified atom stereocenters. The summed E-state index contributed by atoms with van der Waals surface area (Å²) < 4.78 is 0.687. The first kappa shape index (κ1) is 14.2. The van der Waals surface area contributed by atoms with Gasteiger partial charge in [-0.3, -0.25) is 19.3 Å². The fourth-order valence-corrected chi connectivity index (χ4v) is 3.44. The Kier molecular flexibility index (Phi) is 4.05. The summed E-state index contributed by atoms with van der Waals surface area (Å²) in [5.41, 5.74) is 0. The lowest BCUT2D eigenvalue weighted by Crippen LogP contribution is -2.43. The van der Waals surface area contributed by atoms with Gasteiger partial charge in [-0.2, -0.15) is 0 Å². The van der Waals surface area contributed by atoms with Crippen LogP contribution in [0.25, 0.3) is 0 Å². The van der Waals surface area contributed by atoms with Gasteiger partial charge in [0.15, 0.2) is 0 Å². The molecule has 0 spiro atoms. The number of thiophene rings is 1. The zero-order chi connectivity index (χ0) is 14.2. The summed E-state index contributed by atoms with van der Waals surface area (Å²) in [7, 11) is 0. The highest BCUT2D eigenvalue weighted by Crippen LogP contribution is 2.23. The minimum atomic E-state index is -0.753. The minimum Gasteiger partial charge on any atom is -0.339 e. The molecule has 7 heteroatoms. The molecule has 102 valence electrons. The van der Waals surface area contributed by atoms with Crippen molar-refractivity contribution in [1.29, 1.82) is 0 Å². The third-order valence-electron chi connectivity index (χ3n) is 2.83. The molecule has 1 aliphatic heterocycles. The van der Waals surface area contributed by atoms with Gasteiger partial charge in [-0.15, -0.1) is 11.3 Å². The van der Waals surface area contributed by atoms with E-state index in [0.717, 1.165) is 0 Å². The Bertz CT molecular complexity index is 541. The number of carbonyl (C=O) groups is 3. The Morgan fingerprint density at radius 3 is 2.68 bits per heavy atom. The Balaban J connectivity index is 2.09. The molecule has 1 aromatic rings. The SMILES string of the molecule is CC(C)N1C(=O)C[C@H](NC(=O)c2sccc2Br)C1=O. The Morgan fingerprint density at radius 1 is 1.53 bits per heavy atom. The van der Waals surface area contributed by atoms with Gasteiger partial charge in [0.2, 0.25) is 5.91 Å². The Labute approximate surface area is 123 Å². The molecule has 19 heavy (non-hydrogen) atoms. The van der Waals surface area contributed by atoms with Crippen LogP contribution in [0.15, 0.2) is 15.9 Å². The van der Waals surface area contributed by atoms with Crippen LogP contribution in [-0.2, 0) is 9.59 Å². The van der Waals surface area contributed by atoms with Gasteiger partial charge in [-0.1, -0.05) is 0 Å². The smallest absolute Gasteiger partial charge is 0.263 e. The van der Waals surface area contributed by atoms with Crippen LogP contribution in [-0.4, -0.2) is 34.7 Å². The molecule has 0 aromatic carbocycles. The lowest BCUT2D eigenvalue weighted by molar-refractivity contribution is -0.140. The standard InChI is InChI=1S/C12H13BrN2O3S/c1-6(2)15-9(16)5-8(12(15)18)14-11(17)10-7(13)3-4-19-10/h3-4,6,8H,5H2,1-2H3,(H,14,17)/t8-/m0/s1. The molecule has 1 atom stereocenters. The highest BCUT2D eigenvalue weighted by atomic mass is 79.9. The molecule has 1 N–H and O–H groups in total. The van der Waals surface area contributed by atoms with Crippen molar-refractivity contribution in [2.75, 3.05) is 0 Å². The second-order valence-electron chi connectivity index (χ2n) is 4.52. The van der Waals surface area contributed by atoms with Gasteiger partial charge in [0.25, 0.3) is 11.8 Å². The van der Waals surface area contributed by atoms with E-state index in [0.29, 0.717) is 9.35 Å². The Hall–Kier alpha value is -1.21. The van der Waals surface area contributed by atoms with Crippen molar-refractivity contribution in [3.8, 4) is 0 Å². The lowest BCUT2D eigenvalue weighted by atomic mass is 10.2. The van der Waals surface area contributed by atoms with Gasteiger partial charge in [0, 0.05) is 10.5 Å². The van der Waals surface area contributed by atoms with Crippen molar-refractivity contribution in [1.82, 2.24) is 10.2 Å². The van der Waals surface area contributed by atoms with E-state index in [4.69, 9.17) is 0 Å². The average molecular weight is 345 g/mol. The highest BCUT2D eigenvalue weighted by molar-refractivity contribution is 9.10. The molecule has 2 heterocycles. The maximum Gasteiger partial charge on any atom is 0.263 e. The first-order valence-corrected chi connectivity index (χ1v) is 7.49. The number of halogens is 1. The van der Waals surface area contributed by atoms with E-state index < -0.39 is 6.04 Å². The predicted molar refractivity (Wildman–Crippen MR) is 74.9 cm³/mol. The monoisotopic (exact) mass is 344 g/mol. The minimum absolute atomic E-state index is 0.0335. The van der Waals surface area contributed by atoms with Crippen LogP contribution in [0.5, 0.6) is 0 Å². The molecule has 0 aliphatic carbocycles. The van der Waals surface area contributed by atoms with Crippen LogP contribution in [0.3, 0.4) is 0 Å². The normalized spacial score (nSPS) is 19.4. The van der Waals surface area contributed by atoms with Crippen LogP contribution in [0.2, 0.25) is 0 Å². The van der Waals surface area contributed by atoms with Crippen molar-refractivity contribution < 1.29 is 14.4 Å². The molecule has 0 radical (unpaired) electrons. The number of imide groups is 1. The molecule has 1 aromatic heterocycles. The first-order chi connectivity index (χ1) is 8.91. The maximum absolute atomic E-state index is 12.0. The van der Waals surface area contributed by atoms with E-state index >= 15 is 0 Å². The van der Waals surface area contributed by atoms with Crippen molar-refractivity contribution in [2.45, 2.75) is 32.4 Å². The van der Waals surface area contributed by atoms with E-state index in [1.807, 2.05) is 0 Å². The number of hydrogen-bond acceptors (Lipinski definition) is 4. The topological polar surface area (TPSA) is 66.5 Å². The predicted octanol–water partition coefficient (Wildman–Crippen LogP) is 1.78. The molecule has 2 rings (SSSR count). The first-order valence-electron chi connectivity index (χ1n) is 5.81. The highest BCUT2D eigenvalue weighted by Gasteiger charge is 2.40. The summed E-state index contributed by atoms with van der Waals surface area (Å²) in [5, 5.41) is 4.40. The zero-order valence-corrected chi connectivity index (χ0v) is 12.9. The Morgan fingerprint density at radius 2 is 2.21 bits per heavy atom. The molecular formula is C12H13BrN2O3S. The fraction of sp³-hybridized carbons (Fsp3) is 0.417. The zero-order valence-electron chi connectivity index (χ0n) is 10.5. The lowest BCUT2D eigenvalue weighted by Gasteiger charge is -2.19. The molecule has 1 aliphatic rings. The van der Waals surface area contributed by atoms with Crippen LogP contribution >= 0.6 is 27.3 Å². The molecule has 0 bridgehead atoms. The summed E-state index contributed by atoms with van der Waals surface area (Å²) in [6.07, 6.45) is 0.0335. The summed E-state index contributed by atoms with van der Waals surface area (Å²) in [5.74, 6) is -0.907. The van der Waals surface area contributed by atoms with Crippen LogP contribution in [0, 0.1) is 0 Å². The second-order valence-corrected chi connectivity index (χ2v) is 6.29. The summed E-state index contributed by atoms with van der Waals surface area (Å²) in [4.78, 5) is 37.5. The number of nitrogens with zero attached hydrogens (tertiary/aromatic N) is 1. The van der Waals surface area contributed by atoms with Crippen molar-refractivity contribution in [3.05, 3.63) is 20.8 Å². The van der Waals surface area contributed by atoms with Crippen molar-refractivity contribution >= 4 is 45.0 Å². The van der Waals surface area contributed by atoms with E-state index in [9.17, 15) is 14.4 Å². The van der Waals surface area contributed by atoms with E-state index in [-0.39, 0.29) is 30.2 Å². The van der Waals surface area contributed by atoms with Gasteiger partial charge >= 0.3 is 0 Å². The number of carbonyl (C=O) groups excluding carboxylic acids is 3. The molecule has 1 saturated heterocycles. The number of rotatable bonds is 3. The van der Waals surface area contributed by atoms with E-state index in [1.54, 1.807) is 25.3 Å². The van der Waals surface area contributed by atoms with Crippen LogP contribution < -0.4 is 5.32 Å². The van der Waals surface area contributed by atoms with E-state index in [1.165, 1.54) is 16.2 Å². The molecule has 1 fully saturated rings. The maximum atomic E-state index is 12.0. The van der Waals surface area contributed by atoms with Gasteiger partial charge in [-0.05, 0) is 41.2 Å². The van der Waals surface area contributed by atoms with Crippen LogP contribution in [0.1, 0.15) is 29.9 Å². The summed E-state index contributed by atoms with van der Waals surface area (Å²) in [6, 6.07) is 0.827. The summed E-state index contributed by atoms with van der Waals surface area (Å²) >= 11 is 4.55. The van der Waals surface area contributed by atoms with Gasteiger partial charge < -0.3 is 5.32 Å². The summed E-state index contributed by atoms with van der Waals surface area (Å²) in [6.45, 7) is 3.55. The number of amides is 3. The number of nitrogens with one attached hydrogen (secondary N) is 1. The third kappa shape index (κ3) is 2.71. The number of hydrogen-bond donors (Lipinski definition) is 1. The molecule has 0 saturated carbocycles. The van der Waals surface area contributed by atoms with Crippen LogP contribution in [0.4, 0.5) is 0 Å². The quantitative estimate of drug-likeness (QED) is 0.850. The van der Waals surface area contributed by atoms with E-state index in [2.05, 4.69) is 21.2 Å². The van der Waals surface area contributed by atoms with Gasteiger partial charge in [-0.25, -0.2) is 0 Å². The van der Waals surface area contributed by atoms with Gasteiger partial charge in [0.1, 0.15) is 10.9 Å². The average Bonchev–Trinajstić information content (AvgIpc) is 2.84. The second kappa shape index (κ2) is 5.42. The molecular weight excluding hydrogens is 332 g/mol.